The number of fused-ring (bicyclic) bond motifs is 2. The number of phosphoric ester groups is 1. The number of imidazole rings is 1. The van der Waals surface area contributed by atoms with Crippen LogP contribution >= 0.6 is 19.4 Å². The van der Waals surface area contributed by atoms with Gasteiger partial charge in [-0.15, -0.1) is 0 Å². The van der Waals surface area contributed by atoms with Crippen LogP contribution in [-0.4, -0.2) is 63.3 Å². The highest BCUT2D eigenvalue weighted by Gasteiger charge is 2.64. The lowest BCUT2D eigenvalue weighted by atomic mass is 9.96. The van der Waals surface area contributed by atoms with E-state index in [0.717, 1.165) is 5.56 Å². The second kappa shape index (κ2) is 11.7. The van der Waals surface area contributed by atoms with Crippen LogP contribution in [0.25, 0.3) is 11.2 Å². The maximum absolute atomic E-state index is 13.4. The Hall–Kier alpha value is -3.26. The van der Waals surface area contributed by atoms with Gasteiger partial charge in [0.15, 0.2) is 29.1 Å². The van der Waals surface area contributed by atoms with Crippen molar-refractivity contribution in [1.82, 2.24) is 19.5 Å². The summed E-state index contributed by atoms with van der Waals surface area (Å²) in [6.45, 7) is 5.86. The lowest BCUT2D eigenvalue weighted by Crippen LogP contribution is -2.42. The van der Waals surface area contributed by atoms with E-state index >= 15 is 0 Å². The van der Waals surface area contributed by atoms with Gasteiger partial charge < -0.3 is 24.7 Å². The van der Waals surface area contributed by atoms with Gasteiger partial charge in [0.25, 0.3) is 0 Å². The molecule has 230 valence electrons. The Morgan fingerprint density at radius 3 is 2.95 bits per heavy atom. The third-order valence-corrected chi connectivity index (χ3v) is 9.01. The molecule has 0 saturated carbocycles. The fourth-order valence-corrected chi connectivity index (χ4v) is 6.91. The SMILES string of the molecule is CC(C)=CCCOc1nc(N)nc2c1ncn2[C@@H]1O[C@H](CO[P@@]2(=O)OCC[C@@H](c3cccc(Cl)c3)O2)[C@H]2OC(=O)O[C@]21C. The molecule has 43 heavy (non-hydrogen) atoms. The molecular formula is C27H31ClN5O9P. The summed E-state index contributed by atoms with van der Waals surface area (Å²) in [4.78, 5) is 25.3. The normalized spacial score (nSPS) is 30.1. The van der Waals surface area contributed by atoms with Gasteiger partial charge in [0.05, 0.1) is 32.3 Å². The van der Waals surface area contributed by atoms with Gasteiger partial charge in [-0.3, -0.25) is 18.1 Å². The predicted octanol–water partition coefficient (Wildman–Crippen LogP) is 5.29. The minimum absolute atomic E-state index is 0.0373. The Morgan fingerprint density at radius 2 is 2.16 bits per heavy atom. The monoisotopic (exact) mass is 635 g/mol. The second-order valence-electron chi connectivity index (χ2n) is 10.7. The summed E-state index contributed by atoms with van der Waals surface area (Å²) in [7, 11) is -4.01. The lowest BCUT2D eigenvalue weighted by molar-refractivity contribution is -0.0925. The van der Waals surface area contributed by atoms with Crippen molar-refractivity contribution in [3.63, 3.8) is 0 Å². The molecule has 1 aromatic carbocycles. The molecule has 5 heterocycles. The first kappa shape index (κ1) is 29.8. The zero-order valence-corrected chi connectivity index (χ0v) is 25.3. The van der Waals surface area contributed by atoms with E-state index in [-0.39, 0.29) is 25.0 Å². The van der Waals surface area contributed by atoms with Crippen molar-refractivity contribution in [2.45, 2.75) is 63.8 Å². The first-order valence-electron chi connectivity index (χ1n) is 13.7. The van der Waals surface area contributed by atoms with Gasteiger partial charge in [0.2, 0.25) is 11.8 Å². The van der Waals surface area contributed by atoms with Gasteiger partial charge in [0.1, 0.15) is 6.10 Å². The van der Waals surface area contributed by atoms with E-state index < -0.39 is 44.1 Å². The molecule has 3 saturated heterocycles. The van der Waals surface area contributed by atoms with E-state index in [1.54, 1.807) is 29.7 Å². The van der Waals surface area contributed by atoms with Crippen molar-refractivity contribution in [3.05, 3.63) is 52.8 Å². The number of allylic oxidation sites excluding steroid dienone is 1. The Kier molecular flexibility index (Phi) is 8.09. The number of nitrogens with zero attached hydrogens (tertiary/aromatic N) is 4. The Bertz CT molecular complexity index is 1610. The number of benzene rings is 1. The maximum atomic E-state index is 13.4. The van der Waals surface area contributed by atoms with Gasteiger partial charge in [-0.2, -0.15) is 9.97 Å². The van der Waals surface area contributed by atoms with Crippen molar-refractivity contribution in [2.24, 2.45) is 0 Å². The summed E-state index contributed by atoms with van der Waals surface area (Å²) < 4.78 is 55.1. The van der Waals surface area contributed by atoms with Crippen molar-refractivity contribution >= 4 is 42.7 Å². The van der Waals surface area contributed by atoms with E-state index in [1.807, 2.05) is 26.0 Å². The highest BCUT2D eigenvalue weighted by atomic mass is 35.5. The predicted molar refractivity (Wildman–Crippen MR) is 152 cm³/mol. The van der Waals surface area contributed by atoms with Gasteiger partial charge in [0, 0.05) is 11.4 Å². The minimum Gasteiger partial charge on any atom is -0.476 e. The number of nitrogens with two attached hydrogens (primary N) is 1. The summed E-state index contributed by atoms with van der Waals surface area (Å²) in [5.74, 6) is 0.172. The highest BCUT2D eigenvalue weighted by molar-refractivity contribution is 7.48. The smallest absolute Gasteiger partial charge is 0.476 e. The Labute approximate surface area is 252 Å². The Balaban J connectivity index is 1.22. The average molecular weight is 636 g/mol. The molecular weight excluding hydrogens is 605 g/mol. The van der Waals surface area contributed by atoms with Crippen LogP contribution in [0, 0.1) is 0 Å². The average Bonchev–Trinajstić information content (AvgIpc) is 3.58. The fourth-order valence-electron chi connectivity index (χ4n) is 5.32. The third kappa shape index (κ3) is 5.95. The van der Waals surface area contributed by atoms with Crippen molar-refractivity contribution in [2.75, 3.05) is 25.6 Å². The number of nitrogen functional groups attached to an aromatic ring is 1. The largest absolute Gasteiger partial charge is 0.509 e. The quantitative estimate of drug-likeness (QED) is 0.139. The maximum Gasteiger partial charge on any atom is 0.509 e. The number of carbonyl (C=O) groups excluding carboxylic acids is 1. The van der Waals surface area contributed by atoms with Crippen LogP contribution in [0.1, 0.15) is 51.5 Å². The van der Waals surface area contributed by atoms with E-state index in [2.05, 4.69) is 15.0 Å². The molecule has 3 aromatic rings. The zero-order valence-electron chi connectivity index (χ0n) is 23.7. The number of phosphoric acid groups is 1. The van der Waals surface area contributed by atoms with Gasteiger partial charge >= 0.3 is 14.0 Å². The fraction of sp³-hybridized carbons (Fsp3) is 0.481. The molecule has 0 bridgehead atoms. The van der Waals surface area contributed by atoms with Gasteiger partial charge in [-0.05, 0) is 44.9 Å². The number of halogens is 1. The lowest BCUT2D eigenvalue weighted by Gasteiger charge is -2.30. The standard InChI is InChI=1S/C27H31ClN5O9P/c1-15(2)6-5-10-36-23-20-22(31-25(29)32-23)33(14-30-20)24-27(3)21(40-26(34)41-27)19(39-24)13-38-43(35)37-11-9-18(42-43)16-7-4-8-17(28)12-16/h4,6-8,12,14,18-19,21,24H,5,9-11,13H2,1-3H3,(H2,29,31,32)/t18-,19+,21+,24+,27+,43+/m0/s1. The van der Waals surface area contributed by atoms with Crippen LogP contribution < -0.4 is 10.5 Å². The molecule has 14 nitrogen and oxygen atoms in total. The molecule has 2 aromatic heterocycles. The zero-order chi connectivity index (χ0) is 30.4. The minimum atomic E-state index is -4.01. The number of hydrogen-bond acceptors (Lipinski definition) is 13. The van der Waals surface area contributed by atoms with Gasteiger partial charge in [-0.1, -0.05) is 35.4 Å². The molecule has 3 fully saturated rings. The van der Waals surface area contributed by atoms with Crippen LogP contribution in [0.4, 0.5) is 10.7 Å². The molecule has 3 aliphatic heterocycles. The van der Waals surface area contributed by atoms with E-state index in [4.69, 9.17) is 49.9 Å². The number of rotatable bonds is 9. The number of carbonyl (C=O) groups is 1. The number of ether oxygens (including phenoxy) is 4. The van der Waals surface area contributed by atoms with E-state index in [9.17, 15) is 9.36 Å². The third-order valence-electron chi connectivity index (χ3n) is 7.29. The molecule has 0 spiro atoms. The van der Waals surface area contributed by atoms with Crippen LogP contribution in [0.15, 0.2) is 42.2 Å². The topological polar surface area (TPSA) is 168 Å². The number of hydrogen-bond donors (Lipinski definition) is 1. The van der Waals surface area contributed by atoms with Crippen LogP contribution in [0.5, 0.6) is 5.88 Å². The first-order chi connectivity index (χ1) is 20.5. The molecule has 6 atom stereocenters. The molecule has 0 unspecified atom stereocenters. The van der Waals surface area contributed by atoms with Crippen molar-refractivity contribution in [3.8, 4) is 5.88 Å². The Morgan fingerprint density at radius 1 is 1.33 bits per heavy atom. The number of aromatic nitrogens is 4. The summed E-state index contributed by atoms with van der Waals surface area (Å²) in [6.07, 6.45) is 0.398. The summed E-state index contributed by atoms with van der Waals surface area (Å²) in [5.41, 5.74) is 7.25. The number of anilines is 1. The molecule has 6 rings (SSSR count). The highest BCUT2D eigenvalue weighted by Crippen LogP contribution is 2.58. The molecule has 0 aliphatic carbocycles. The first-order valence-corrected chi connectivity index (χ1v) is 15.5. The van der Waals surface area contributed by atoms with Crippen LogP contribution in [-0.2, 0) is 32.3 Å². The molecule has 2 N–H and O–H groups in total. The van der Waals surface area contributed by atoms with Crippen molar-refractivity contribution < 1.29 is 41.9 Å². The summed E-state index contributed by atoms with van der Waals surface area (Å²) in [5, 5.41) is 0.526. The molecule has 16 heteroatoms. The van der Waals surface area contributed by atoms with E-state index in [0.29, 0.717) is 35.6 Å². The summed E-state index contributed by atoms with van der Waals surface area (Å²) in [6, 6.07) is 7.07. The molecule has 0 radical (unpaired) electrons. The molecule has 0 amide bonds. The second-order valence-corrected chi connectivity index (χ2v) is 12.8. The van der Waals surface area contributed by atoms with Crippen molar-refractivity contribution in [1.29, 1.82) is 0 Å². The van der Waals surface area contributed by atoms with Gasteiger partial charge in [-0.25, -0.2) is 14.3 Å². The van der Waals surface area contributed by atoms with E-state index in [1.165, 1.54) is 11.9 Å². The summed E-state index contributed by atoms with van der Waals surface area (Å²) >= 11 is 6.12. The van der Waals surface area contributed by atoms with Crippen LogP contribution in [0.2, 0.25) is 5.02 Å². The molecule has 3 aliphatic rings. The van der Waals surface area contributed by atoms with Crippen LogP contribution in [0.3, 0.4) is 0 Å².